The van der Waals surface area contributed by atoms with Gasteiger partial charge in [-0.25, -0.2) is 0 Å². The van der Waals surface area contributed by atoms with Crippen molar-refractivity contribution in [2.24, 2.45) is 0 Å². The minimum atomic E-state index is 0.0189. The number of aromatic nitrogens is 1. The molecule has 0 amide bonds. The van der Waals surface area contributed by atoms with Crippen molar-refractivity contribution < 1.29 is 9.84 Å². The first-order chi connectivity index (χ1) is 7.36. The van der Waals surface area contributed by atoms with E-state index in [1.807, 2.05) is 47.2 Å². The van der Waals surface area contributed by atoms with Gasteiger partial charge in [-0.2, -0.15) is 0 Å². The van der Waals surface area contributed by atoms with Crippen LogP contribution < -0.4 is 4.74 Å². The van der Waals surface area contributed by atoms with Crippen LogP contribution in [0.1, 0.15) is 5.69 Å². The zero-order chi connectivity index (χ0) is 10.7. The highest BCUT2D eigenvalue weighted by atomic mass is 16.5. The molecule has 3 heteroatoms. The van der Waals surface area contributed by atoms with Crippen molar-refractivity contribution in [3.8, 4) is 11.4 Å². The molecule has 1 aromatic heterocycles. The van der Waals surface area contributed by atoms with Crippen LogP contribution >= 0.6 is 0 Å². The van der Waals surface area contributed by atoms with E-state index in [2.05, 4.69) is 0 Å². The molecule has 0 spiro atoms. The molecule has 1 heterocycles. The molecular weight excluding hydrogens is 190 g/mol. The van der Waals surface area contributed by atoms with E-state index in [9.17, 15) is 5.11 Å². The van der Waals surface area contributed by atoms with Crippen LogP contribution in [0.2, 0.25) is 0 Å². The second-order valence-corrected chi connectivity index (χ2v) is 3.20. The summed E-state index contributed by atoms with van der Waals surface area (Å²) >= 11 is 0. The lowest BCUT2D eigenvalue weighted by Crippen LogP contribution is -2.00. The minimum absolute atomic E-state index is 0.0189. The van der Waals surface area contributed by atoms with Gasteiger partial charge in [0.15, 0.2) is 0 Å². The lowest BCUT2D eigenvalue weighted by Gasteiger charge is -2.11. The molecule has 0 unspecified atom stereocenters. The molecule has 3 nitrogen and oxygen atoms in total. The summed E-state index contributed by atoms with van der Waals surface area (Å²) in [4.78, 5) is 0. The Morgan fingerprint density at radius 3 is 2.73 bits per heavy atom. The summed E-state index contributed by atoms with van der Waals surface area (Å²) in [7, 11) is 1.64. The van der Waals surface area contributed by atoms with Gasteiger partial charge in [-0.3, -0.25) is 0 Å². The summed E-state index contributed by atoms with van der Waals surface area (Å²) in [5.41, 5.74) is 1.79. The van der Waals surface area contributed by atoms with Crippen LogP contribution in [0.4, 0.5) is 0 Å². The van der Waals surface area contributed by atoms with Crippen molar-refractivity contribution in [1.29, 1.82) is 0 Å². The van der Waals surface area contributed by atoms with Gasteiger partial charge in [0, 0.05) is 11.9 Å². The van der Waals surface area contributed by atoms with Gasteiger partial charge in [0.25, 0.3) is 0 Å². The van der Waals surface area contributed by atoms with Crippen molar-refractivity contribution in [3.05, 3.63) is 48.3 Å². The topological polar surface area (TPSA) is 34.4 Å². The largest absolute Gasteiger partial charge is 0.495 e. The zero-order valence-electron chi connectivity index (χ0n) is 8.55. The molecule has 0 aliphatic rings. The monoisotopic (exact) mass is 203 g/mol. The van der Waals surface area contributed by atoms with Crippen LogP contribution in [0.25, 0.3) is 5.69 Å². The fraction of sp³-hybridized carbons (Fsp3) is 0.167. The number of ether oxygens (including phenoxy) is 1. The standard InChI is InChI=1S/C12H13NO2/c1-15-12-7-3-2-6-11(12)13-8-4-5-10(13)9-14/h2-8,14H,9H2,1H3. The molecular formula is C12H13NO2. The van der Waals surface area contributed by atoms with E-state index in [1.165, 1.54) is 0 Å². The molecule has 0 aliphatic heterocycles. The Balaban J connectivity index is 2.53. The molecule has 0 aliphatic carbocycles. The normalized spacial score (nSPS) is 10.3. The van der Waals surface area contributed by atoms with E-state index in [0.717, 1.165) is 17.1 Å². The molecule has 0 saturated heterocycles. The van der Waals surface area contributed by atoms with Gasteiger partial charge in [-0.05, 0) is 24.3 Å². The van der Waals surface area contributed by atoms with E-state index in [4.69, 9.17) is 4.74 Å². The molecule has 0 saturated carbocycles. The first-order valence-corrected chi connectivity index (χ1v) is 4.77. The molecule has 0 radical (unpaired) electrons. The average Bonchev–Trinajstić information content (AvgIpc) is 2.76. The lowest BCUT2D eigenvalue weighted by atomic mass is 10.3. The summed E-state index contributed by atoms with van der Waals surface area (Å²) in [5.74, 6) is 0.795. The maximum atomic E-state index is 9.17. The van der Waals surface area contributed by atoms with Crippen LogP contribution in [0.15, 0.2) is 42.6 Å². The quantitative estimate of drug-likeness (QED) is 0.827. The van der Waals surface area contributed by atoms with Crippen LogP contribution in [0.3, 0.4) is 0 Å². The van der Waals surface area contributed by atoms with Crippen LogP contribution in [-0.2, 0) is 6.61 Å². The Hall–Kier alpha value is -1.74. The molecule has 0 fully saturated rings. The maximum absolute atomic E-state index is 9.17. The van der Waals surface area contributed by atoms with E-state index in [0.29, 0.717) is 0 Å². The van der Waals surface area contributed by atoms with E-state index in [1.54, 1.807) is 7.11 Å². The Labute approximate surface area is 88.5 Å². The number of hydrogen-bond acceptors (Lipinski definition) is 2. The molecule has 1 aromatic carbocycles. The van der Waals surface area contributed by atoms with Gasteiger partial charge in [-0.1, -0.05) is 12.1 Å². The van der Waals surface area contributed by atoms with Crippen LogP contribution in [0, 0.1) is 0 Å². The maximum Gasteiger partial charge on any atom is 0.142 e. The van der Waals surface area contributed by atoms with Gasteiger partial charge in [0.2, 0.25) is 0 Å². The zero-order valence-corrected chi connectivity index (χ0v) is 8.55. The molecule has 0 bridgehead atoms. The van der Waals surface area contributed by atoms with Crippen LogP contribution in [-0.4, -0.2) is 16.8 Å². The summed E-state index contributed by atoms with van der Waals surface area (Å²) in [6.45, 7) is 0.0189. The SMILES string of the molecule is COc1ccccc1-n1cccc1CO. The third-order valence-corrected chi connectivity index (χ3v) is 2.34. The Morgan fingerprint density at radius 1 is 1.20 bits per heavy atom. The predicted octanol–water partition coefficient (Wildman–Crippen LogP) is 1.98. The fourth-order valence-corrected chi connectivity index (χ4v) is 1.61. The van der Waals surface area contributed by atoms with E-state index >= 15 is 0 Å². The van der Waals surface area contributed by atoms with Gasteiger partial charge >= 0.3 is 0 Å². The number of nitrogens with zero attached hydrogens (tertiary/aromatic N) is 1. The fourth-order valence-electron chi connectivity index (χ4n) is 1.61. The molecule has 2 rings (SSSR count). The second kappa shape index (κ2) is 4.19. The number of hydrogen-bond donors (Lipinski definition) is 1. The Kier molecular flexibility index (Phi) is 2.74. The first-order valence-electron chi connectivity index (χ1n) is 4.77. The number of benzene rings is 1. The number of para-hydroxylation sites is 2. The molecule has 1 N–H and O–H groups in total. The summed E-state index contributed by atoms with van der Waals surface area (Å²) < 4.78 is 7.18. The number of methoxy groups -OCH3 is 1. The highest BCUT2D eigenvalue weighted by Crippen LogP contribution is 2.23. The third kappa shape index (κ3) is 1.74. The molecule has 78 valence electrons. The highest BCUT2D eigenvalue weighted by molar-refractivity contribution is 5.48. The third-order valence-electron chi connectivity index (χ3n) is 2.34. The van der Waals surface area contributed by atoms with Gasteiger partial charge in [-0.15, -0.1) is 0 Å². The molecule has 15 heavy (non-hydrogen) atoms. The number of aliphatic hydroxyl groups is 1. The summed E-state index contributed by atoms with van der Waals surface area (Å²) in [6.07, 6.45) is 1.91. The van der Waals surface area contributed by atoms with E-state index in [-0.39, 0.29) is 6.61 Å². The first kappa shape index (κ1) is 9.80. The minimum Gasteiger partial charge on any atom is -0.495 e. The predicted molar refractivity (Wildman–Crippen MR) is 58.2 cm³/mol. The highest BCUT2D eigenvalue weighted by Gasteiger charge is 2.06. The Bertz CT molecular complexity index is 448. The van der Waals surface area contributed by atoms with Crippen molar-refractivity contribution >= 4 is 0 Å². The van der Waals surface area contributed by atoms with Crippen molar-refractivity contribution in [2.75, 3.05) is 7.11 Å². The second-order valence-electron chi connectivity index (χ2n) is 3.20. The number of rotatable bonds is 3. The summed E-state index contributed by atoms with van der Waals surface area (Å²) in [6, 6.07) is 11.5. The van der Waals surface area contributed by atoms with E-state index < -0.39 is 0 Å². The van der Waals surface area contributed by atoms with Gasteiger partial charge in [0.05, 0.1) is 19.4 Å². The van der Waals surface area contributed by atoms with Crippen LogP contribution in [0.5, 0.6) is 5.75 Å². The van der Waals surface area contributed by atoms with Gasteiger partial charge in [0.1, 0.15) is 5.75 Å². The number of aliphatic hydroxyl groups excluding tert-OH is 1. The lowest BCUT2D eigenvalue weighted by molar-refractivity contribution is 0.274. The van der Waals surface area contributed by atoms with Gasteiger partial charge < -0.3 is 14.4 Å². The molecule has 2 aromatic rings. The average molecular weight is 203 g/mol. The van der Waals surface area contributed by atoms with Crippen molar-refractivity contribution in [3.63, 3.8) is 0 Å². The van der Waals surface area contributed by atoms with Crippen molar-refractivity contribution in [1.82, 2.24) is 4.57 Å². The Morgan fingerprint density at radius 2 is 2.00 bits per heavy atom. The molecule has 0 atom stereocenters. The summed E-state index contributed by atoms with van der Waals surface area (Å²) in [5, 5.41) is 9.17. The smallest absolute Gasteiger partial charge is 0.142 e. The van der Waals surface area contributed by atoms with Crippen molar-refractivity contribution in [2.45, 2.75) is 6.61 Å².